The summed E-state index contributed by atoms with van der Waals surface area (Å²) < 4.78 is 0. The van der Waals surface area contributed by atoms with Crippen molar-refractivity contribution >= 4 is 5.82 Å². The first-order valence-electron chi connectivity index (χ1n) is 6.55. The molecule has 2 bridgehead atoms. The van der Waals surface area contributed by atoms with Crippen LogP contribution in [0.4, 0.5) is 5.82 Å². The van der Waals surface area contributed by atoms with Gasteiger partial charge in [-0.25, -0.2) is 9.97 Å². The van der Waals surface area contributed by atoms with Crippen molar-refractivity contribution in [2.75, 3.05) is 18.9 Å². The molecule has 92 valence electrons. The van der Waals surface area contributed by atoms with Crippen molar-refractivity contribution in [1.29, 1.82) is 0 Å². The molecule has 4 nitrogen and oxygen atoms in total. The van der Waals surface area contributed by atoms with Crippen molar-refractivity contribution in [3.05, 3.63) is 18.6 Å². The second-order valence-electron chi connectivity index (χ2n) is 5.36. The Morgan fingerprint density at radius 1 is 1.35 bits per heavy atom. The Bertz CT molecular complexity index is 353. The van der Waals surface area contributed by atoms with E-state index >= 15 is 0 Å². The third-order valence-electron chi connectivity index (χ3n) is 4.35. The number of anilines is 1. The number of rotatable bonds is 3. The lowest BCUT2D eigenvalue weighted by atomic mass is 9.91. The van der Waals surface area contributed by atoms with Crippen LogP contribution < -0.4 is 5.32 Å². The zero-order valence-electron chi connectivity index (χ0n) is 10.3. The van der Waals surface area contributed by atoms with E-state index in [9.17, 15) is 0 Å². The van der Waals surface area contributed by atoms with E-state index in [0.717, 1.165) is 30.4 Å². The summed E-state index contributed by atoms with van der Waals surface area (Å²) >= 11 is 0. The molecule has 2 aliphatic rings. The second kappa shape index (κ2) is 4.61. The molecular weight excluding hydrogens is 212 g/mol. The highest BCUT2D eigenvalue weighted by molar-refractivity contribution is 5.31. The number of fused-ring (bicyclic) bond motifs is 2. The third-order valence-corrected chi connectivity index (χ3v) is 4.35. The van der Waals surface area contributed by atoms with Crippen LogP contribution >= 0.6 is 0 Å². The molecule has 2 atom stereocenters. The number of nitrogens with zero attached hydrogens (tertiary/aromatic N) is 3. The zero-order chi connectivity index (χ0) is 11.7. The van der Waals surface area contributed by atoms with Gasteiger partial charge in [0.05, 0.1) is 0 Å². The van der Waals surface area contributed by atoms with Gasteiger partial charge in [0.25, 0.3) is 0 Å². The van der Waals surface area contributed by atoms with Gasteiger partial charge in [-0.15, -0.1) is 0 Å². The van der Waals surface area contributed by atoms with Crippen LogP contribution in [-0.4, -0.2) is 40.5 Å². The summed E-state index contributed by atoms with van der Waals surface area (Å²) in [4.78, 5) is 10.7. The first kappa shape index (κ1) is 11.0. The average molecular weight is 232 g/mol. The van der Waals surface area contributed by atoms with Crippen LogP contribution in [0.1, 0.15) is 25.7 Å². The maximum Gasteiger partial charge on any atom is 0.129 e. The Morgan fingerprint density at radius 2 is 2.12 bits per heavy atom. The molecule has 0 aliphatic carbocycles. The van der Waals surface area contributed by atoms with Crippen LogP contribution in [-0.2, 0) is 0 Å². The van der Waals surface area contributed by atoms with E-state index in [1.165, 1.54) is 25.7 Å². The lowest BCUT2D eigenvalue weighted by Crippen LogP contribution is -2.41. The van der Waals surface area contributed by atoms with Crippen LogP contribution in [0.5, 0.6) is 0 Å². The van der Waals surface area contributed by atoms with E-state index in [1.54, 1.807) is 12.5 Å². The van der Waals surface area contributed by atoms with E-state index in [4.69, 9.17) is 0 Å². The second-order valence-corrected chi connectivity index (χ2v) is 5.36. The normalized spacial score (nSPS) is 32.6. The van der Waals surface area contributed by atoms with Crippen LogP contribution in [0.2, 0.25) is 0 Å². The van der Waals surface area contributed by atoms with Gasteiger partial charge < -0.3 is 10.2 Å². The molecule has 1 aromatic rings. The van der Waals surface area contributed by atoms with Gasteiger partial charge in [-0.3, -0.25) is 0 Å². The number of nitrogens with one attached hydrogen (secondary N) is 1. The summed E-state index contributed by atoms with van der Waals surface area (Å²) in [6.45, 7) is 1.05. The fourth-order valence-electron chi connectivity index (χ4n) is 3.34. The van der Waals surface area contributed by atoms with Gasteiger partial charge in [0.15, 0.2) is 0 Å². The van der Waals surface area contributed by atoms with Crippen LogP contribution in [0, 0.1) is 5.92 Å². The maximum atomic E-state index is 4.20. The molecule has 0 radical (unpaired) electrons. The number of aromatic nitrogens is 2. The minimum atomic E-state index is 0.804. The summed E-state index contributed by atoms with van der Waals surface area (Å²) in [7, 11) is 2.29. The molecule has 3 rings (SSSR count). The monoisotopic (exact) mass is 232 g/mol. The predicted molar refractivity (Wildman–Crippen MR) is 67.8 cm³/mol. The Kier molecular flexibility index (Phi) is 2.97. The van der Waals surface area contributed by atoms with Crippen molar-refractivity contribution in [3.8, 4) is 0 Å². The van der Waals surface area contributed by atoms with Gasteiger partial charge in [0.2, 0.25) is 0 Å². The van der Waals surface area contributed by atoms with Crippen LogP contribution in [0.25, 0.3) is 0 Å². The lowest BCUT2D eigenvalue weighted by molar-refractivity contribution is 0.139. The molecule has 17 heavy (non-hydrogen) atoms. The lowest BCUT2D eigenvalue weighted by Gasteiger charge is -2.36. The van der Waals surface area contributed by atoms with Gasteiger partial charge >= 0.3 is 0 Å². The standard InChI is InChI=1S/C13H20N4/c1-17-11-2-3-12(17)7-10(6-11)8-15-13-4-5-14-9-16-13/h4-5,9-12H,2-3,6-8H2,1H3,(H,14,15,16). The van der Waals surface area contributed by atoms with E-state index < -0.39 is 0 Å². The summed E-state index contributed by atoms with van der Waals surface area (Å²) in [6, 6.07) is 3.58. The average Bonchev–Trinajstić information content (AvgIpc) is 2.61. The molecule has 1 aromatic heterocycles. The molecule has 2 unspecified atom stereocenters. The highest BCUT2D eigenvalue weighted by atomic mass is 15.2. The van der Waals surface area contributed by atoms with Gasteiger partial charge in [0.1, 0.15) is 12.1 Å². The molecule has 0 amide bonds. The molecule has 2 aliphatic heterocycles. The Labute approximate surface area is 102 Å². The largest absolute Gasteiger partial charge is 0.370 e. The predicted octanol–water partition coefficient (Wildman–Crippen LogP) is 1.76. The van der Waals surface area contributed by atoms with E-state index in [1.807, 2.05) is 6.07 Å². The molecular formula is C13H20N4. The fraction of sp³-hybridized carbons (Fsp3) is 0.692. The maximum absolute atomic E-state index is 4.20. The summed E-state index contributed by atoms with van der Waals surface area (Å²) in [6.07, 6.45) is 8.85. The molecule has 0 saturated carbocycles. The van der Waals surface area contributed by atoms with Gasteiger partial charge in [-0.2, -0.15) is 0 Å². The van der Waals surface area contributed by atoms with E-state index in [-0.39, 0.29) is 0 Å². The first-order chi connectivity index (χ1) is 8.33. The summed E-state index contributed by atoms with van der Waals surface area (Å²) in [5.74, 6) is 1.75. The van der Waals surface area contributed by atoms with Gasteiger partial charge in [-0.05, 0) is 44.7 Å². The molecule has 2 fully saturated rings. The van der Waals surface area contributed by atoms with Crippen LogP contribution in [0.3, 0.4) is 0 Å². The number of hydrogen-bond donors (Lipinski definition) is 1. The molecule has 0 spiro atoms. The molecule has 4 heteroatoms. The highest BCUT2D eigenvalue weighted by Gasteiger charge is 2.37. The number of hydrogen-bond acceptors (Lipinski definition) is 4. The molecule has 1 N–H and O–H groups in total. The molecule has 3 heterocycles. The van der Waals surface area contributed by atoms with Crippen molar-refractivity contribution in [2.45, 2.75) is 37.8 Å². The SMILES string of the molecule is CN1C2CCC1CC(CNc1ccncn1)C2. The highest BCUT2D eigenvalue weighted by Crippen LogP contribution is 2.37. The molecule has 2 saturated heterocycles. The topological polar surface area (TPSA) is 41.0 Å². The van der Waals surface area contributed by atoms with Gasteiger partial charge in [0, 0.05) is 24.8 Å². The fourth-order valence-corrected chi connectivity index (χ4v) is 3.34. The Morgan fingerprint density at radius 3 is 2.76 bits per heavy atom. The summed E-state index contributed by atoms with van der Waals surface area (Å²) in [5.41, 5.74) is 0. The smallest absolute Gasteiger partial charge is 0.129 e. The van der Waals surface area contributed by atoms with Crippen LogP contribution in [0.15, 0.2) is 18.6 Å². The van der Waals surface area contributed by atoms with Crippen molar-refractivity contribution in [1.82, 2.24) is 14.9 Å². The van der Waals surface area contributed by atoms with Crippen molar-refractivity contribution < 1.29 is 0 Å². The van der Waals surface area contributed by atoms with Crippen molar-refractivity contribution in [2.24, 2.45) is 5.92 Å². The van der Waals surface area contributed by atoms with Gasteiger partial charge in [-0.1, -0.05) is 0 Å². The minimum Gasteiger partial charge on any atom is -0.370 e. The minimum absolute atomic E-state index is 0.804. The first-order valence-corrected chi connectivity index (χ1v) is 6.55. The van der Waals surface area contributed by atoms with E-state index in [2.05, 4.69) is 27.2 Å². The quantitative estimate of drug-likeness (QED) is 0.862. The Hall–Kier alpha value is -1.16. The third kappa shape index (κ3) is 2.27. The van der Waals surface area contributed by atoms with E-state index in [0.29, 0.717) is 0 Å². The summed E-state index contributed by atoms with van der Waals surface area (Å²) in [5, 5.41) is 3.43. The number of piperidine rings is 1. The van der Waals surface area contributed by atoms with Crippen molar-refractivity contribution in [3.63, 3.8) is 0 Å². The Balaban J connectivity index is 1.54. The zero-order valence-corrected chi connectivity index (χ0v) is 10.3. The molecule has 0 aromatic carbocycles.